The lowest BCUT2D eigenvalue weighted by Crippen LogP contribution is -2.17. The average Bonchev–Trinajstić information content (AvgIpc) is 3.13. The first kappa shape index (κ1) is 21.0. The molecule has 2 aromatic carbocycles. The van der Waals surface area contributed by atoms with Gasteiger partial charge in [0.25, 0.3) is 5.91 Å². The molecule has 0 saturated heterocycles. The van der Waals surface area contributed by atoms with Crippen molar-refractivity contribution < 1.29 is 18.4 Å². The molecule has 0 aliphatic heterocycles. The SMILES string of the molecule is CCSc1ncc(Cl)c(C(=O)Nc2c(C(=O)c3ccc(F)cc3)oc3ccccc23)n1. The van der Waals surface area contributed by atoms with Crippen LogP contribution >= 0.6 is 23.4 Å². The highest BCUT2D eigenvalue weighted by Gasteiger charge is 2.25. The van der Waals surface area contributed by atoms with Gasteiger partial charge in [-0.25, -0.2) is 14.4 Å². The fourth-order valence-corrected chi connectivity index (χ4v) is 3.66. The third-order valence-electron chi connectivity index (χ3n) is 4.36. The molecule has 0 saturated carbocycles. The van der Waals surface area contributed by atoms with Gasteiger partial charge in [-0.2, -0.15) is 0 Å². The van der Waals surface area contributed by atoms with Crippen molar-refractivity contribution in [1.82, 2.24) is 9.97 Å². The highest BCUT2D eigenvalue weighted by molar-refractivity contribution is 7.99. The summed E-state index contributed by atoms with van der Waals surface area (Å²) in [5, 5.41) is 3.74. The molecular weight excluding hydrogens is 441 g/mol. The molecular formula is C22H15ClFN3O3S. The fourth-order valence-electron chi connectivity index (χ4n) is 2.94. The van der Waals surface area contributed by atoms with E-state index in [0.717, 1.165) is 5.75 Å². The minimum absolute atomic E-state index is 0.0157. The van der Waals surface area contributed by atoms with Crippen LogP contribution in [0.25, 0.3) is 11.0 Å². The maximum Gasteiger partial charge on any atom is 0.276 e. The molecule has 0 aliphatic carbocycles. The first-order valence-electron chi connectivity index (χ1n) is 9.26. The maximum absolute atomic E-state index is 13.3. The largest absolute Gasteiger partial charge is 0.450 e. The Balaban J connectivity index is 1.76. The van der Waals surface area contributed by atoms with E-state index in [2.05, 4.69) is 15.3 Å². The molecule has 0 bridgehead atoms. The number of carbonyl (C=O) groups excluding carboxylic acids is 2. The van der Waals surface area contributed by atoms with Crippen LogP contribution in [0.2, 0.25) is 5.02 Å². The fraction of sp³-hybridized carbons (Fsp3) is 0.0909. The molecule has 2 aromatic heterocycles. The Morgan fingerprint density at radius 1 is 1.16 bits per heavy atom. The van der Waals surface area contributed by atoms with Gasteiger partial charge in [0.2, 0.25) is 5.78 Å². The van der Waals surface area contributed by atoms with E-state index in [-0.39, 0.29) is 27.7 Å². The van der Waals surface area contributed by atoms with Crippen molar-refractivity contribution in [3.8, 4) is 0 Å². The van der Waals surface area contributed by atoms with E-state index in [1.165, 1.54) is 42.2 Å². The first-order chi connectivity index (χ1) is 15.0. The maximum atomic E-state index is 13.3. The van der Waals surface area contributed by atoms with Crippen LogP contribution in [0.5, 0.6) is 0 Å². The van der Waals surface area contributed by atoms with Gasteiger partial charge in [-0.05, 0) is 42.2 Å². The number of carbonyl (C=O) groups is 2. The molecule has 0 spiro atoms. The molecule has 9 heteroatoms. The van der Waals surface area contributed by atoms with Crippen LogP contribution in [0.3, 0.4) is 0 Å². The van der Waals surface area contributed by atoms with E-state index < -0.39 is 17.5 Å². The second-order valence-electron chi connectivity index (χ2n) is 6.37. The number of nitrogens with zero attached hydrogens (tertiary/aromatic N) is 2. The average molecular weight is 456 g/mol. The quantitative estimate of drug-likeness (QED) is 0.231. The van der Waals surface area contributed by atoms with E-state index in [1.807, 2.05) is 6.92 Å². The van der Waals surface area contributed by atoms with Crippen molar-refractivity contribution in [3.63, 3.8) is 0 Å². The van der Waals surface area contributed by atoms with Gasteiger partial charge in [-0.3, -0.25) is 9.59 Å². The Morgan fingerprint density at radius 3 is 2.65 bits per heavy atom. The number of hydrogen-bond acceptors (Lipinski definition) is 6. The topological polar surface area (TPSA) is 85.1 Å². The molecule has 0 fully saturated rings. The number of ketones is 1. The highest BCUT2D eigenvalue weighted by Crippen LogP contribution is 2.33. The summed E-state index contributed by atoms with van der Waals surface area (Å²) in [6.07, 6.45) is 1.36. The third-order valence-corrected chi connectivity index (χ3v) is 5.38. The zero-order valence-electron chi connectivity index (χ0n) is 16.2. The Kier molecular flexibility index (Phi) is 6.01. The molecule has 156 valence electrons. The lowest BCUT2D eigenvalue weighted by atomic mass is 10.1. The number of furan rings is 1. The van der Waals surface area contributed by atoms with Crippen molar-refractivity contribution in [3.05, 3.63) is 82.6 Å². The highest BCUT2D eigenvalue weighted by atomic mass is 35.5. The van der Waals surface area contributed by atoms with E-state index in [0.29, 0.717) is 16.1 Å². The predicted molar refractivity (Wildman–Crippen MR) is 117 cm³/mol. The summed E-state index contributed by atoms with van der Waals surface area (Å²) in [6.45, 7) is 1.94. The van der Waals surface area contributed by atoms with E-state index >= 15 is 0 Å². The number of anilines is 1. The summed E-state index contributed by atoms with van der Waals surface area (Å²) in [6, 6.07) is 12.0. The Labute approximate surface area is 185 Å². The molecule has 1 N–H and O–H groups in total. The van der Waals surface area contributed by atoms with Gasteiger partial charge in [0.05, 0.1) is 16.9 Å². The lowest BCUT2D eigenvalue weighted by molar-refractivity contribution is 0.101. The van der Waals surface area contributed by atoms with Crippen LogP contribution in [-0.4, -0.2) is 27.4 Å². The second-order valence-corrected chi connectivity index (χ2v) is 8.01. The van der Waals surface area contributed by atoms with Gasteiger partial charge >= 0.3 is 0 Å². The van der Waals surface area contributed by atoms with Crippen LogP contribution in [0, 0.1) is 5.82 Å². The Hall–Kier alpha value is -3.23. The Morgan fingerprint density at radius 2 is 1.90 bits per heavy atom. The summed E-state index contributed by atoms with van der Waals surface area (Å²) in [4.78, 5) is 34.3. The number of halogens is 2. The van der Waals surface area contributed by atoms with Crippen molar-refractivity contribution in [2.75, 3.05) is 11.1 Å². The van der Waals surface area contributed by atoms with E-state index in [1.54, 1.807) is 24.3 Å². The number of amides is 1. The predicted octanol–water partition coefficient (Wildman–Crippen LogP) is 5.61. The number of rotatable bonds is 6. The molecule has 31 heavy (non-hydrogen) atoms. The molecule has 1 amide bonds. The minimum Gasteiger partial charge on any atom is -0.450 e. The number of fused-ring (bicyclic) bond motifs is 1. The van der Waals surface area contributed by atoms with E-state index in [4.69, 9.17) is 16.0 Å². The standard InChI is InChI=1S/C22H15ClFN3O3S/c1-2-31-22-25-11-15(23)18(27-22)21(29)26-17-14-5-3-4-6-16(14)30-20(17)19(28)12-7-9-13(24)10-8-12/h3-11H,2H2,1H3,(H,26,29). The molecule has 0 unspecified atom stereocenters. The minimum atomic E-state index is -0.606. The van der Waals surface area contributed by atoms with Gasteiger partial charge in [0.1, 0.15) is 11.4 Å². The molecule has 2 heterocycles. The smallest absolute Gasteiger partial charge is 0.276 e. The van der Waals surface area contributed by atoms with Crippen molar-refractivity contribution in [2.24, 2.45) is 0 Å². The molecule has 4 rings (SSSR count). The normalized spacial score (nSPS) is 10.9. The molecule has 6 nitrogen and oxygen atoms in total. The molecule has 0 radical (unpaired) electrons. The number of thioether (sulfide) groups is 1. The van der Waals surface area contributed by atoms with Gasteiger partial charge in [0.15, 0.2) is 16.6 Å². The second kappa shape index (κ2) is 8.87. The van der Waals surface area contributed by atoms with Gasteiger partial charge in [0, 0.05) is 10.9 Å². The molecule has 0 atom stereocenters. The summed E-state index contributed by atoms with van der Waals surface area (Å²) in [5.41, 5.74) is 0.810. The van der Waals surface area contributed by atoms with Crippen LogP contribution in [0.4, 0.5) is 10.1 Å². The number of nitrogens with one attached hydrogen (secondary N) is 1. The van der Waals surface area contributed by atoms with Crippen molar-refractivity contribution in [1.29, 1.82) is 0 Å². The number of benzene rings is 2. The van der Waals surface area contributed by atoms with Crippen molar-refractivity contribution >= 4 is 51.7 Å². The Bertz CT molecular complexity index is 1290. The van der Waals surface area contributed by atoms with Crippen LogP contribution in [0.15, 0.2) is 64.3 Å². The summed E-state index contributed by atoms with van der Waals surface area (Å²) < 4.78 is 19.0. The van der Waals surface area contributed by atoms with Crippen LogP contribution < -0.4 is 5.32 Å². The lowest BCUT2D eigenvalue weighted by Gasteiger charge is -2.08. The number of aromatic nitrogens is 2. The third kappa shape index (κ3) is 4.30. The summed E-state index contributed by atoms with van der Waals surface area (Å²) in [5.74, 6) is -0.915. The van der Waals surface area contributed by atoms with Crippen molar-refractivity contribution in [2.45, 2.75) is 12.1 Å². The molecule has 0 aliphatic rings. The zero-order valence-corrected chi connectivity index (χ0v) is 17.8. The monoisotopic (exact) mass is 455 g/mol. The van der Waals surface area contributed by atoms with Gasteiger partial charge < -0.3 is 9.73 Å². The van der Waals surface area contributed by atoms with E-state index in [9.17, 15) is 14.0 Å². The van der Waals surface area contributed by atoms with Gasteiger partial charge in [-0.1, -0.05) is 42.4 Å². The van der Waals surface area contributed by atoms with Gasteiger partial charge in [-0.15, -0.1) is 0 Å². The van der Waals surface area contributed by atoms with Crippen LogP contribution in [-0.2, 0) is 0 Å². The van der Waals surface area contributed by atoms with Crippen LogP contribution in [0.1, 0.15) is 33.5 Å². The molecule has 4 aromatic rings. The number of hydrogen-bond donors (Lipinski definition) is 1. The number of para-hydroxylation sites is 1. The first-order valence-corrected chi connectivity index (χ1v) is 10.6. The summed E-state index contributed by atoms with van der Waals surface area (Å²) in [7, 11) is 0. The summed E-state index contributed by atoms with van der Waals surface area (Å²) >= 11 is 7.51. The zero-order chi connectivity index (χ0) is 22.0.